The first kappa shape index (κ1) is 26.6. The molecule has 13 heteroatoms. The van der Waals surface area contributed by atoms with E-state index in [4.69, 9.17) is 0 Å². The number of benzene rings is 1. The van der Waals surface area contributed by atoms with Gasteiger partial charge in [0.05, 0.1) is 5.52 Å². The molecule has 0 amide bonds. The van der Waals surface area contributed by atoms with Crippen molar-refractivity contribution in [1.29, 1.82) is 0 Å². The summed E-state index contributed by atoms with van der Waals surface area (Å²) in [6, 6.07) is 5.71. The van der Waals surface area contributed by atoms with E-state index in [9.17, 15) is 30.7 Å². The minimum atomic E-state index is -4.66. The van der Waals surface area contributed by atoms with E-state index in [2.05, 4.69) is 25.2 Å². The van der Waals surface area contributed by atoms with Gasteiger partial charge in [0.15, 0.2) is 29.6 Å². The number of nitrogens with one attached hydrogen (secondary N) is 1. The molecule has 0 radical (unpaired) electrons. The Kier molecular flexibility index (Phi) is 7.27. The van der Waals surface area contributed by atoms with Crippen LogP contribution in [0.25, 0.3) is 28.1 Å². The number of ether oxygens (including phenoxy) is 1. The van der Waals surface area contributed by atoms with Crippen LogP contribution in [0.3, 0.4) is 0 Å². The van der Waals surface area contributed by atoms with E-state index in [-0.39, 0.29) is 46.1 Å². The average Bonchev–Trinajstić information content (AvgIpc) is 3.24. The van der Waals surface area contributed by atoms with Crippen molar-refractivity contribution in [2.24, 2.45) is 5.92 Å². The Bertz CT molecular complexity index is 1400. The van der Waals surface area contributed by atoms with Crippen LogP contribution >= 0.6 is 0 Å². The van der Waals surface area contributed by atoms with Gasteiger partial charge in [-0.05, 0) is 36.2 Å². The minimum absolute atomic E-state index is 0.0377. The Hall–Kier alpha value is -3.48. The number of pyridine rings is 2. The highest BCUT2D eigenvalue weighted by Gasteiger charge is 2.41. The van der Waals surface area contributed by atoms with Gasteiger partial charge in [0.1, 0.15) is 11.7 Å². The van der Waals surface area contributed by atoms with Crippen molar-refractivity contribution in [3.05, 3.63) is 54.0 Å². The lowest BCUT2D eigenvalue weighted by molar-refractivity contribution is -0.158. The van der Waals surface area contributed by atoms with E-state index in [1.807, 2.05) is 13.8 Å². The molecule has 0 saturated heterocycles. The lowest BCUT2D eigenvalue weighted by Gasteiger charge is -2.24. The number of alkyl halides is 6. The highest BCUT2D eigenvalue weighted by atomic mass is 19.4. The van der Waals surface area contributed by atoms with Crippen molar-refractivity contribution in [2.45, 2.75) is 38.7 Å². The Labute approximate surface area is 206 Å². The second-order valence-electron chi connectivity index (χ2n) is 8.69. The maximum Gasteiger partial charge on any atom is 0.422 e. The first-order valence-electron chi connectivity index (χ1n) is 11.3. The van der Waals surface area contributed by atoms with Gasteiger partial charge in [-0.25, -0.2) is 9.37 Å². The molecule has 1 N–H and O–H groups in total. The third-order valence-electron chi connectivity index (χ3n) is 5.82. The molecule has 3 aromatic heterocycles. The predicted molar refractivity (Wildman–Crippen MR) is 121 cm³/mol. The molecule has 6 nitrogen and oxygen atoms in total. The molecule has 4 aromatic rings. The van der Waals surface area contributed by atoms with Crippen LogP contribution < -0.4 is 10.1 Å². The summed E-state index contributed by atoms with van der Waals surface area (Å²) in [7, 11) is 0. The molecule has 1 aromatic carbocycles. The van der Waals surface area contributed by atoms with Crippen LogP contribution in [0.5, 0.6) is 5.75 Å². The van der Waals surface area contributed by atoms with E-state index in [1.165, 1.54) is 34.9 Å². The number of halogens is 7. The van der Waals surface area contributed by atoms with E-state index >= 15 is 0 Å². The molecule has 0 aliphatic rings. The maximum absolute atomic E-state index is 14.2. The minimum Gasteiger partial charge on any atom is -0.481 e. The molecular weight excluding hydrogens is 507 g/mol. The Balaban J connectivity index is 1.72. The number of fused-ring (bicyclic) bond motifs is 2. The Morgan fingerprint density at radius 2 is 1.78 bits per heavy atom. The monoisotopic (exact) mass is 529 g/mol. The fourth-order valence-electron chi connectivity index (χ4n) is 3.66. The summed E-state index contributed by atoms with van der Waals surface area (Å²) in [6.45, 7) is 2.21. The van der Waals surface area contributed by atoms with Gasteiger partial charge in [0.2, 0.25) is 0 Å². The molecule has 0 spiro atoms. The second-order valence-corrected chi connectivity index (χ2v) is 8.69. The Morgan fingerprint density at radius 3 is 2.46 bits per heavy atom. The number of hydrogen-bond donors (Lipinski definition) is 1. The summed E-state index contributed by atoms with van der Waals surface area (Å²) < 4.78 is 99.2. The molecule has 4 rings (SSSR count). The molecule has 0 fully saturated rings. The second kappa shape index (κ2) is 10.1. The molecule has 37 heavy (non-hydrogen) atoms. The van der Waals surface area contributed by atoms with E-state index in [1.54, 1.807) is 0 Å². The predicted octanol–water partition coefficient (Wildman–Crippen LogP) is 6.26. The van der Waals surface area contributed by atoms with Crippen molar-refractivity contribution < 1.29 is 35.5 Å². The van der Waals surface area contributed by atoms with Gasteiger partial charge in [0, 0.05) is 17.6 Å². The highest BCUT2D eigenvalue weighted by Crippen LogP contribution is 2.34. The zero-order valence-electron chi connectivity index (χ0n) is 19.7. The summed E-state index contributed by atoms with van der Waals surface area (Å²) in [5.74, 6) is -1.49. The molecular formula is C24H22F7N5O. The fourth-order valence-corrected chi connectivity index (χ4v) is 3.66. The van der Waals surface area contributed by atoms with Crippen molar-refractivity contribution >= 4 is 16.6 Å². The third-order valence-corrected chi connectivity index (χ3v) is 5.82. The summed E-state index contributed by atoms with van der Waals surface area (Å²) in [5, 5.41) is 10.9. The molecule has 0 bridgehead atoms. The zero-order valence-corrected chi connectivity index (χ0v) is 19.7. The van der Waals surface area contributed by atoms with Crippen LogP contribution in [0.2, 0.25) is 0 Å². The van der Waals surface area contributed by atoms with Gasteiger partial charge in [-0.1, -0.05) is 32.4 Å². The largest absolute Gasteiger partial charge is 0.481 e. The number of aromatic nitrogens is 4. The van der Waals surface area contributed by atoms with E-state index in [0.717, 1.165) is 12.1 Å². The quantitative estimate of drug-likeness (QED) is 0.273. The SMILES string of the molecule is CC[C@H](C)CN[C@H](c1ccc2nnc(-c3ccc4cc(F)c(OCC(F)(F)F)cc4n3)n2c1)C(F)(F)F. The van der Waals surface area contributed by atoms with E-state index in [0.29, 0.717) is 6.42 Å². The van der Waals surface area contributed by atoms with Crippen molar-refractivity contribution in [1.82, 2.24) is 24.9 Å². The third kappa shape index (κ3) is 6.09. The summed E-state index contributed by atoms with van der Waals surface area (Å²) in [4.78, 5) is 4.32. The molecule has 2 atom stereocenters. The molecule has 0 aliphatic heterocycles. The molecule has 198 valence electrons. The van der Waals surface area contributed by atoms with Crippen LogP contribution in [0.15, 0.2) is 42.6 Å². The maximum atomic E-state index is 14.2. The molecule has 3 heterocycles. The summed E-state index contributed by atoms with van der Waals surface area (Å²) in [6.07, 6.45) is -7.24. The summed E-state index contributed by atoms with van der Waals surface area (Å²) in [5.41, 5.74) is 0.473. The topological polar surface area (TPSA) is 64.3 Å². The molecule has 0 aliphatic carbocycles. The standard InChI is InChI=1S/C24H22F7N5O/c1-3-13(2)10-32-21(24(29,30)31)15-5-7-20-34-35-22(36(20)11-15)17-6-4-14-8-16(25)19(9-18(14)33-17)37-12-23(26,27)28/h4-9,11,13,21,32H,3,10,12H2,1-2H3/t13-,21+/m0/s1. The highest BCUT2D eigenvalue weighted by molar-refractivity contribution is 5.82. The first-order chi connectivity index (χ1) is 17.4. The molecule has 0 saturated carbocycles. The van der Waals surface area contributed by atoms with Crippen molar-refractivity contribution in [2.75, 3.05) is 13.2 Å². The average molecular weight is 529 g/mol. The zero-order chi connectivity index (χ0) is 27.0. The van der Waals surface area contributed by atoms with Crippen LogP contribution in [0.4, 0.5) is 30.7 Å². The van der Waals surface area contributed by atoms with Crippen LogP contribution in [-0.2, 0) is 0 Å². The van der Waals surface area contributed by atoms with Gasteiger partial charge >= 0.3 is 12.4 Å². The van der Waals surface area contributed by atoms with Crippen LogP contribution in [-0.4, -0.2) is 45.1 Å². The van der Waals surface area contributed by atoms with Gasteiger partial charge in [-0.15, -0.1) is 10.2 Å². The first-order valence-corrected chi connectivity index (χ1v) is 11.3. The Morgan fingerprint density at radius 1 is 1.03 bits per heavy atom. The smallest absolute Gasteiger partial charge is 0.422 e. The van der Waals surface area contributed by atoms with E-state index < -0.39 is 36.6 Å². The van der Waals surface area contributed by atoms with Gasteiger partial charge in [-0.3, -0.25) is 4.40 Å². The van der Waals surface area contributed by atoms with Crippen LogP contribution in [0.1, 0.15) is 31.9 Å². The fraction of sp³-hybridized carbons (Fsp3) is 0.375. The number of nitrogens with zero attached hydrogens (tertiary/aromatic N) is 4. The molecule has 0 unspecified atom stereocenters. The van der Waals surface area contributed by atoms with Crippen LogP contribution in [0, 0.1) is 11.7 Å². The lowest BCUT2D eigenvalue weighted by atomic mass is 10.1. The number of hydrogen-bond acceptors (Lipinski definition) is 5. The number of rotatable bonds is 8. The van der Waals surface area contributed by atoms with Crippen molar-refractivity contribution in [3.63, 3.8) is 0 Å². The van der Waals surface area contributed by atoms with Gasteiger partial charge in [-0.2, -0.15) is 26.3 Å². The van der Waals surface area contributed by atoms with Gasteiger partial charge < -0.3 is 10.1 Å². The van der Waals surface area contributed by atoms with Crippen molar-refractivity contribution in [3.8, 4) is 17.3 Å². The summed E-state index contributed by atoms with van der Waals surface area (Å²) >= 11 is 0. The normalized spacial score (nSPS) is 14.3. The van der Waals surface area contributed by atoms with Gasteiger partial charge in [0.25, 0.3) is 0 Å². The lowest BCUT2D eigenvalue weighted by Crippen LogP contribution is -2.36.